The van der Waals surface area contributed by atoms with Gasteiger partial charge in [0.1, 0.15) is 24.4 Å². The second-order valence-corrected chi connectivity index (χ2v) is 12.0. The summed E-state index contributed by atoms with van der Waals surface area (Å²) in [7, 11) is 0. The molecule has 0 aromatic heterocycles. The highest BCUT2D eigenvalue weighted by atomic mass is 16.7. The average Bonchev–Trinajstić information content (AvgIpc) is 2.99. The van der Waals surface area contributed by atoms with Crippen LogP contribution in [-0.2, 0) is 14.3 Å². The second kappa shape index (κ2) is 25.3. The summed E-state index contributed by atoms with van der Waals surface area (Å²) < 4.78 is 11.0. The van der Waals surface area contributed by atoms with E-state index < -0.39 is 49.5 Å². The molecule has 7 atom stereocenters. The van der Waals surface area contributed by atoms with Crippen molar-refractivity contribution in [3.8, 4) is 0 Å². The molecule has 248 valence electrons. The molecule has 0 aromatic carbocycles. The molecule has 1 aliphatic rings. The molecule has 0 aromatic rings. The van der Waals surface area contributed by atoms with Gasteiger partial charge < -0.3 is 40.3 Å². The zero-order valence-electron chi connectivity index (χ0n) is 26.5. The number of unbranched alkanes of at least 4 members (excludes halogenated alkanes) is 16. The third kappa shape index (κ3) is 17.3. The Kier molecular flexibility index (Phi) is 23.4. The van der Waals surface area contributed by atoms with Crippen LogP contribution in [0.1, 0.15) is 136 Å². The predicted octanol–water partition coefficient (Wildman–Crippen LogP) is 4.66. The van der Waals surface area contributed by atoms with Gasteiger partial charge in [-0.2, -0.15) is 0 Å². The smallest absolute Gasteiger partial charge is 0.220 e. The highest BCUT2D eigenvalue weighted by Crippen LogP contribution is 2.22. The van der Waals surface area contributed by atoms with Crippen LogP contribution in [0.15, 0.2) is 12.2 Å². The Balaban J connectivity index is 2.42. The third-order valence-corrected chi connectivity index (χ3v) is 8.11. The number of rotatable bonds is 26. The summed E-state index contributed by atoms with van der Waals surface area (Å²) >= 11 is 0. The molecule has 9 nitrogen and oxygen atoms in total. The zero-order valence-corrected chi connectivity index (χ0v) is 26.5. The lowest BCUT2D eigenvalue weighted by Gasteiger charge is -2.40. The molecule has 42 heavy (non-hydrogen) atoms. The average molecular weight is 602 g/mol. The summed E-state index contributed by atoms with van der Waals surface area (Å²) in [6.45, 7) is 3.61. The Morgan fingerprint density at radius 2 is 1.31 bits per heavy atom. The van der Waals surface area contributed by atoms with Crippen LogP contribution in [0.2, 0.25) is 0 Å². The molecule has 0 bridgehead atoms. The Bertz CT molecular complexity index is 676. The molecule has 9 heteroatoms. The molecule has 1 fully saturated rings. The van der Waals surface area contributed by atoms with Crippen molar-refractivity contribution >= 4 is 5.91 Å². The summed E-state index contributed by atoms with van der Waals surface area (Å²) in [4.78, 5) is 12.6. The highest BCUT2D eigenvalue weighted by Gasteiger charge is 2.44. The fourth-order valence-corrected chi connectivity index (χ4v) is 5.27. The molecule has 7 unspecified atom stereocenters. The Hall–Kier alpha value is -1.07. The van der Waals surface area contributed by atoms with Crippen molar-refractivity contribution in [2.45, 2.75) is 179 Å². The van der Waals surface area contributed by atoms with Gasteiger partial charge in [-0.25, -0.2) is 0 Å². The minimum atomic E-state index is -1.56. The molecule has 1 saturated heterocycles. The van der Waals surface area contributed by atoms with Crippen LogP contribution < -0.4 is 5.32 Å². The van der Waals surface area contributed by atoms with E-state index in [1.54, 1.807) is 6.08 Å². The van der Waals surface area contributed by atoms with Crippen LogP contribution in [0.25, 0.3) is 0 Å². The third-order valence-electron chi connectivity index (χ3n) is 8.11. The van der Waals surface area contributed by atoms with Gasteiger partial charge in [0.2, 0.25) is 5.91 Å². The van der Waals surface area contributed by atoms with Gasteiger partial charge in [0.05, 0.1) is 25.4 Å². The fraction of sp³-hybridized carbons (Fsp3) is 0.909. The summed E-state index contributed by atoms with van der Waals surface area (Å²) in [5.41, 5.74) is 0. The number of hydrogen-bond donors (Lipinski definition) is 6. The van der Waals surface area contributed by atoms with Gasteiger partial charge >= 0.3 is 0 Å². The van der Waals surface area contributed by atoms with E-state index in [4.69, 9.17) is 9.47 Å². The number of nitrogens with one attached hydrogen (secondary N) is 1. The number of ether oxygens (including phenoxy) is 2. The van der Waals surface area contributed by atoms with Gasteiger partial charge in [0.15, 0.2) is 6.29 Å². The first kappa shape index (κ1) is 39.0. The quantitative estimate of drug-likeness (QED) is 0.0620. The fourth-order valence-electron chi connectivity index (χ4n) is 5.27. The molecule has 0 radical (unpaired) electrons. The van der Waals surface area contributed by atoms with E-state index in [1.807, 2.05) is 6.08 Å². The molecule has 1 heterocycles. The molecule has 0 aliphatic carbocycles. The number of carbonyl (C=O) groups is 1. The monoisotopic (exact) mass is 601 g/mol. The highest BCUT2D eigenvalue weighted by molar-refractivity contribution is 5.76. The van der Waals surface area contributed by atoms with Crippen LogP contribution in [0.5, 0.6) is 0 Å². The van der Waals surface area contributed by atoms with E-state index in [0.717, 1.165) is 44.9 Å². The maximum absolute atomic E-state index is 12.6. The topological polar surface area (TPSA) is 149 Å². The van der Waals surface area contributed by atoms with Gasteiger partial charge in [-0.05, 0) is 19.3 Å². The Morgan fingerprint density at radius 3 is 1.86 bits per heavy atom. The van der Waals surface area contributed by atoms with E-state index in [0.29, 0.717) is 6.42 Å². The molecule has 1 amide bonds. The summed E-state index contributed by atoms with van der Waals surface area (Å²) in [5.74, 6) is -0.197. The lowest BCUT2D eigenvalue weighted by molar-refractivity contribution is -0.302. The minimum Gasteiger partial charge on any atom is -0.394 e. The van der Waals surface area contributed by atoms with Crippen molar-refractivity contribution in [2.75, 3.05) is 13.2 Å². The largest absolute Gasteiger partial charge is 0.394 e. The van der Waals surface area contributed by atoms with E-state index in [9.17, 15) is 30.3 Å². The van der Waals surface area contributed by atoms with Crippen molar-refractivity contribution < 1.29 is 39.8 Å². The van der Waals surface area contributed by atoms with Crippen molar-refractivity contribution in [2.24, 2.45) is 0 Å². The van der Waals surface area contributed by atoms with Crippen molar-refractivity contribution in [1.82, 2.24) is 5.32 Å². The van der Waals surface area contributed by atoms with Gasteiger partial charge in [-0.15, -0.1) is 0 Å². The lowest BCUT2D eigenvalue weighted by atomic mass is 9.99. The SMILES string of the molecule is CCCCCCCCCCCCCCC/C=C/C(O)C(COC1OC(CO)C(O)C(O)C1O)NC(=O)CCCCCC. The molecule has 0 spiro atoms. The summed E-state index contributed by atoms with van der Waals surface area (Å²) in [5, 5.41) is 53.4. The first-order valence-corrected chi connectivity index (χ1v) is 16.9. The molecule has 1 aliphatic heterocycles. The lowest BCUT2D eigenvalue weighted by Crippen LogP contribution is -2.60. The Morgan fingerprint density at radius 1 is 0.786 bits per heavy atom. The summed E-state index contributed by atoms with van der Waals surface area (Å²) in [6, 6.07) is -0.793. The number of aliphatic hydroxyl groups is 5. The number of hydrogen-bond acceptors (Lipinski definition) is 8. The maximum atomic E-state index is 12.6. The Labute approximate surface area is 255 Å². The van der Waals surface area contributed by atoms with Crippen molar-refractivity contribution in [1.29, 1.82) is 0 Å². The first-order valence-electron chi connectivity index (χ1n) is 16.9. The molecule has 0 saturated carbocycles. The number of amides is 1. The first-order chi connectivity index (χ1) is 20.3. The molecular formula is C33H63NO8. The molecule has 1 rings (SSSR count). The standard InChI is InChI=1S/C33H63NO8/c1-3-5-7-9-10-11-12-13-14-15-16-17-18-19-20-22-27(36)26(34-29(37)23-21-8-6-4-2)25-41-33-32(40)31(39)30(38)28(24-35)42-33/h20,22,26-28,30-33,35-36,38-40H,3-19,21,23-25H2,1-2H3,(H,34,37)/b22-20+. The number of allylic oxidation sites excluding steroid dienone is 1. The van der Waals surface area contributed by atoms with E-state index in [1.165, 1.54) is 70.6 Å². The van der Waals surface area contributed by atoms with E-state index >= 15 is 0 Å². The van der Waals surface area contributed by atoms with E-state index in [-0.39, 0.29) is 12.5 Å². The van der Waals surface area contributed by atoms with Crippen LogP contribution in [0.4, 0.5) is 0 Å². The van der Waals surface area contributed by atoms with E-state index in [2.05, 4.69) is 19.2 Å². The van der Waals surface area contributed by atoms with Gasteiger partial charge in [0.25, 0.3) is 0 Å². The van der Waals surface area contributed by atoms with Gasteiger partial charge in [-0.1, -0.05) is 122 Å². The number of aliphatic hydroxyl groups excluding tert-OH is 5. The molecular weight excluding hydrogens is 538 g/mol. The molecule has 6 N–H and O–H groups in total. The van der Waals surface area contributed by atoms with Crippen LogP contribution in [0.3, 0.4) is 0 Å². The van der Waals surface area contributed by atoms with Crippen molar-refractivity contribution in [3.05, 3.63) is 12.2 Å². The summed E-state index contributed by atoms with van der Waals surface area (Å²) in [6.07, 6.45) is 17.4. The second-order valence-electron chi connectivity index (χ2n) is 12.0. The van der Waals surface area contributed by atoms with Gasteiger partial charge in [0, 0.05) is 6.42 Å². The van der Waals surface area contributed by atoms with Crippen LogP contribution in [0, 0.1) is 0 Å². The minimum absolute atomic E-state index is 0.187. The van der Waals surface area contributed by atoms with Gasteiger partial charge in [-0.3, -0.25) is 4.79 Å². The normalized spacial score (nSPS) is 24.2. The predicted molar refractivity (Wildman–Crippen MR) is 166 cm³/mol. The van der Waals surface area contributed by atoms with Crippen LogP contribution in [-0.4, -0.2) is 87.5 Å². The van der Waals surface area contributed by atoms with Crippen LogP contribution >= 0.6 is 0 Å². The maximum Gasteiger partial charge on any atom is 0.220 e. The number of carbonyl (C=O) groups excluding carboxylic acids is 1. The van der Waals surface area contributed by atoms with Crippen molar-refractivity contribution in [3.63, 3.8) is 0 Å². The zero-order chi connectivity index (χ0) is 31.0.